The number of urea groups is 1. The van der Waals surface area contributed by atoms with Crippen LogP contribution in [-0.2, 0) is 13.9 Å². The molecule has 7 N–H and O–H groups in total. The van der Waals surface area contributed by atoms with Gasteiger partial charge in [-0.15, -0.1) is 0 Å². The summed E-state index contributed by atoms with van der Waals surface area (Å²) in [5, 5.41) is 23.6. The number of carbonyl (C=O) groups excluding carboxylic acids is 2. The van der Waals surface area contributed by atoms with E-state index in [1.807, 2.05) is 11.8 Å². The summed E-state index contributed by atoms with van der Waals surface area (Å²) in [4.78, 5) is 33.2. The molecular formula is C23H46N5O6PS. The van der Waals surface area contributed by atoms with Crippen molar-refractivity contribution in [2.75, 3.05) is 38.7 Å². The molecule has 4 unspecified atom stereocenters. The van der Waals surface area contributed by atoms with Crippen molar-refractivity contribution >= 4 is 31.4 Å². The van der Waals surface area contributed by atoms with Crippen LogP contribution in [0.2, 0.25) is 0 Å². The van der Waals surface area contributed by atoms with E-state index in [1.165, 1.54) is 0 Å². The smallest absolute Gasteiger partial charge is 0.396 e. The number of nitrogens with one attached hydrogen (secondary N) is 5. The second kappa shape index (κ2) is 18.4. The molecule has 210 valence electrons. The predicted molar refractivity (Wildman–Crippen MR) is 143 cm³/mol. The van der Waals surface area contributed by atoms with Crippen LogP contribution in [0.1, 0.15) is 77.0 Å². The monoisotopic (exact) mass is 551 g/mol. The van der Waals surface area contributed by atoms with E-state index >= 15 is 0 Å². The molecule has 0 aliphatic carbocycles. The maximum Gasteiger partial charge on any atom is 0.403 e. The molecule has 2 saturated heterocycles. The van der Waals surface area contributed by atoms with Crippen LogP contribution in [0.15, 0.2) is 0 Å². The molecule has 0 bridgehead atoms. The van der Waals surface area contributed by atoms with Crippen molar-refractivity contribution in [2.24, 2.45) is 0 Å². The number of thioether (sulfide) groups is 1. The van der Waals surface area contributed by atoms with Crippen LogP contribution >= 0.6 is 19.5 Å². The zero-order valence-electron chi connectivity index (χ0n) is 21.3. The minimum atomic E-state index is -3.79. The van der Waals surface area contributed by atoms with Crippen LogP contribution in [0.5, 0.6) is 0 Å². The van der Waals surface area contributed by atoms with Gasteiger partial charge in [0, 0.05) is 30.6 Å². The molecule has 0 aromatic heterocycles. The third-order valence-electron chi connectivity index (χ3n) is 6.41. The standard InChI is InChI=1S/C23H46N5O6PS/c29-15-9-3-1-7-13-24-18-26-35(32,33)34-16-10-4-2-8-14-25-21(30)12-6-5-11-20-22-19(17-36-20)27-23(31)28-22/h19-20,22,24,29H,1-18H2,(H,25,30)(H2,26,32,33)(H2,27,28,31). The molecule has 0 aromatic rings. The van der Waals surface area contributed by atoms with E-state index in [4.69, 9.17) is 9.63 Å². The van der Waals surface area contributed by atoms with Gasteiger partial charge in [0.25, 0.3) is 0 Å². The third kappa shape index (κ3) is 13.6. The normalized spacial score (nSPS) is 22.6. The molecule has 0 radical (unpaired) electrons. The van der Waals surface area contributed by atoms with Gasteiger partial charge in [-0.25, -0.2) is 14.4 Å². The molecule has 3 amide bonds. The minimum absolute atomic E-state index is 0.0614. The molecular weight excluding hydrogens is 505 g/mol. The molecule has 0 saturated carbocycles. The average Bonchev–Trinajstić information content (AvgIpc) is 3.39. The lowest BCUT2D eigenvalue weighted by Crippen LogP contribution is -2.36. The summed E-state index contributed by atoms with van der Waals surface area (Å²) in [5.74, 6) is 1.04. The maximum atomic E-state index is 12.0. The van der Waals surface area contributed by atoms with Gasteiger partial charge < -0.3 is 31.3 Å². The molecule has 2 aliphatic heterocycles. The van der Waals surface area contributed by atoms with Crippen molar-refractivity contribution in [3.05, 3.63) is 0 Å². The van der Waals surface area contributed by atoms with E-state index in [9.17, 15) is 19.0 Å². The molecule has 0 spiro atoms. The largest absolute Gasteiger partial charge is 0.403 e. The second-order valence-corrected chi connectivity index (χ2v) is 12.3. The third-order valence-corrected chi connectivity index (χ3v) is 9.00. The van der Waals surface area contributed by atoms with Crippen molar-refractivity contribution in [3.8, 4) is 0 Å². The molecule has 2 rings (SSSR count). The lowest BCUT2D eigenvalue weighted by atomic mass is 10.0. The molecule has 11 nitrogen and oxygen atoms in total. The maximum absolute atomic E-state index is 12.0. The Balaban J connectivity index is 1.34. The first kappa shape index (κ1) is 31.3. The zero-order valence-corrected chi connectivity index (χ0v) is 23.1. The molecule has 2 fully saturated rings. The molecule has 13 heteroatoms. The molecule has 4 atom stereocenters. The van der Waals surface area contributed by atoms with Crippen LogP contribution in [0.4, 0.5) is 4.79 Å². The highest BCUT2D eigenvalue weighted by atomic mass is 32.2. The predicted octanol–water partition coefficient (Wildman–Crippen LogP) is 2.20. The summed E-state index contributed by atoms with van der Waals surface area (Å²) in [6.45, 7) is 2.04. The van der Waals surface area contributed by atoms with Gasteiger partial charge in [0.1, 0.15) is 0 Å². The first-order valence-corrected chi connectivity index (χ1v) is 16.0. The second-order valence-electron chi connectivity index (χ2n) is 9.46. The topological polar surface area (TPSA) is 161 Å². The van der Waals surface area contributed by atoms with Crippen LogP contribution < -0.4 is 26.4 Å². The van der Waals surface area contributed by atoms with Gasteiger partial charge in [0.2, 0.25) is 5.91 Å². The number of hydrogen-bond acceptors (Lipinski definition) is 7. The first-order chi connectivity index (χ1) is 17.4. The van der Waals surface area contributed by atoms with Gasteiger partial charge in [-0.1, -0.05) is 32.1 Å². The van der Waals surface area contributed by atoms with Crippen molar-refractivity contribution in [1.29, 1.82) is 0 Å². The number of hydrogen-bond donors (Lipinski definition) is 7. The number of carbonyl (C=O) groups is 2. The summed E-state index contributed by atoms with van der Waals surface area (Å²) in [7, 11) is -3.79. The Kier molecular flexibility index (Phi) is 16.0. The Morgan fingerprint density at radius 2 is 1.78 bits per heavy atom. The number of amides is 3. The fourth-order valence-electron chi connectivity index (χ4n) is 4.36. The average molecular weight is 552 g/mol. The van der Waals surface area contributed by atoms with E-state index in [0.29, 0.717) is 24.6 Å². The fourth-order valence-corrected chi connectivity index (χ4v) is 6.69. The van der Waals surface area contributed by atoms with Crippen LogP contribution in [-0.4, -0.2) is 78.0 Å². The van der Waals surface area contributed by atoms with Crippen molar-refractivity contribution in [1.82, 2.24) is 26.4 Å². The van der Waals surface area contributed by atoms with E-state index in [1.54, 1.807) is 0 Å². The number of unbranched alkanes of at least 4 members (excludes halogenated alkanes) is 7. The van der Waals surface area contributed by atoms with Gasteiger partial charge in [-0.2, -0.15) is 11.8 Å². The number of aliphatic hydroxyl groups is 1. The SMILES string of the molecule is O=C(CCCCC1SCC2NC(=O)NC21)NCCCCCCOP(=O)(O)NCNCCCCCCO. The minimum Gasteiger partial charge on any atom is -0.396 e. The van der Waals surface area contributed by atoms with Gasteiger partial charge in [0.05, 0.1) is 25.4 Å². The number of aliphatic hydroxyl groups excluding tert-OH is 1. The van der Waals surface area contributed by atoms with Crippen molar-refractivity contribution < 1.29 is 28.7 Å². The Labute approximate surface area is 219 Å². The Hall–Kier alpha value is -0.880. The fraction of sp³-hybridized carbons (Fsp3) is 0.913. The van der Waals surface area contributed by atoms with E-state index in [0.717, 1.165) is 76.5 Å². The molecule has 2 heterocycles. The van der Waals surface area contributed by atoms with Gasteiger partial charge in [-0.05, 0) is 45.1 Å². The van der Waals surface area contributed by atoms with Crippen molar-refractivity contribution in [2.45, 2.75) is 94.4 Å². The lowest BCUT2D eigenvalue weighted by Gasteiger charge is -2.16. The highest BCUT2D eigenvalue weighted by Gasteiger charge is 2.42. The van der Waals surface area contributed by atoms with Gasteiger partial charge >= 0.3 is 13.8 Å². The zero-order chi connectivity index (χ0) is 26.1. The van der Waals surface area contributed by atoms with E-state index < -0.39 is 7.75 Å². The number of fused-ring (bicyclic) bond motifs is 1. The lowest BCUT2D eigenvalue weighted by molar-refractivity contribution is -0.121. The number of rotatable bonds is 22. The first-order valence-electron chi connectivity index (χ1n) is 13.4. The summed E-state index contributed by atoms with van der Waals surface area (Å²) in [5.41, 5.74) is 0. The van der Waals surface area contributed by atoms with Crippen LogP contribution in [0, 0.1) is 0 Å². The highest BCUT2D eigenvalue weighted by Crippen LogP contribution is 2.36. The Morgan fingerprint density at radius 1 is 1.03 bits per heavy atom. The van der Waals surface area contributed by atoms with Crippen LogP contribution in [0.25, 0.3) is 0 Å². The summed E-state index contributed by atoms with van der Waals surface area (Å²) in [6.07, 6.45) is 10.5. The summed E-state index contributed by atoms with van der Waals surface area (Å²) < 4.78 is 17.0. The van der Waals surface area contributed by atoms with E-state index in [2.05, 4.69) is 26.4 Å². The highest BCUT2D eigenvalue weighted by molar-refractivity contribution is 8.00. The summed E-state index contributed by atoms with van der Waals surface area (Å²) >= 11 is 1.90. The summed E-state index contributed by atoms with van der Waals surface area (Å²) in [6, 6.07) is 0.412. The Morgan fingerprint density at radius 3 is 2.58 bits per heavy atom. The Bertz CT molecular complexity index is 691. The molecule has 2 aliphatic rings. The molecule has 0 aromatic carbocycles. The van der Waals surface area contributed by atoms with E-state index in [-0.39, 0.29) is 43.9 Å². The van der Waals surface area contributed by atoms with Crippen LogP contribution in [0.3, 0.4) is 0 Å². The van der Waals surface area contributed by atoms with Gasteiger partial charge in [0.15, 0.2) is 0 Å². The van der Waals surface area contributed by atoms with Crippen molar-refractivity contribution in [3.63, 3.8) is 0 Å². The van der Waals surface area contributed by atoms with Gasteiger partial charge in [-0.3, -0.25) is 9.32 Å². The molecule has 36 heavy (non-hydrogen) atoms. The quantitative estimate of drug-likeness (QED) is 0.0463.